The van der Waals surface area contributed by atoms with Crippen LogP contribution >= 0.6 is 11.6 Å². The third-order valence-electron chi connectivity index (χ3n) is 4.61. The molecule has 0 spiro atoms. The normalized spacial score (nSPS) is 28.7. The number of hydrogen-bond donors (Lipinski definition) is 1. The predicted molar refractivity (Wildman–Crippen MR) is 87.3 cm³/mol. The van der Waals surface area contributed by atoms with Crippen LogP contribution in [0, 0.1) is 0 Å². The van der Waals surface area contributed by atoms with Crippen molar-refractivity contribution in [3.63, 3.8) is 0 Å². The molecule has 0 bridgehead atoms. The van der Waals surface area contributed by atoms with Crippen molar-refractivity contribution >= 4 is 11.6 Å². The molecule has 2 fully saturated rings. The van der Waals surface area contributed by atoms with E-state index in [2.05, 4.69) is 10.2 Å². The van der Waals surface area contributed by atoms with E-state index in [1.807, 2.05) is 24.3 Å². The zero-order valence-corrected chi connectivity index (χ0v) is 13.9. The average molecular weight is 345 g/mol. The van der Waals surface area contributed by atoms with E-state index in [1.165, 1.54) is 5.56 Å². The van der Waals surface area contributed by atoms with Crippen LogP contribution in [-0.2, 0) is 11.2 Å². The Morgan fingerprint density at radius 2 is 1.91 bits per heavy atom. The summed E-state index contributed by atoms with van der Waals surface area (Å²) in [5, 5.41) is 4.25. The van der Waals surface area contributed by atoms with Crippen LogP contribution in [0.15, 0.2) is 24.3 Å². The summed E-state index contributed by atoms with van der Waals surface area (Å²) in [4.78, 5) is 2.09. The molecule has 2 aliphatic heterocycles. The maximum atomic E-state index is 13.2. The molecule has 2 saturated heterocycles. The molecule has 2 aliphatic rings. The molecule has 1 aromatic rings. The smallest absolute Gasteiger partial charge is 0.250 e. The number of morpholine rings is 1. The zero-order chi connectivity index (χ0) is 16.3. The molecule has 23 heavy (non-hydrogen) atoms. The van der Waals surface area contributed by atoms with E-state index in [0.717, 1.165) is 24.5 Å². The summed E-state index contributed by atoms with van der Waals surface area (Å²) >= 11 is 5.89. The van der Waals surface area contributed by atoms with Gasteiger partial charge in [0.15, 0.2) is 0 Å². The van der Waals surface area contributed by atoms with Crippen molar-refractivity contribution in [2.24, 2.45) is 0 Å². The molecule has 128 valence electrons. The van der Waals surface area contributed by atoms with Gasteiger partial charge < -0.3 is 15.0 Å². The summed E-state index contributed by atoms with van der Waals surface area (Å²) in [6.45, 7) is 3.07. The Morgan fingerprint density at radius 1 is 1.22 bits per heavy atom. The van der Waals surface area contributed by atoms with Gasteiger partial charge in [-0.15, -0.1) is 0 Å². The molecule has 2 atom stereocenters. The van der Waals surface area contributed by atoms with Crippen molar-refractivity contribution in [2.75, 3.05) is 32.8 Å². The second kappa shape index (κ2) is 7.43. The van der Waals surface area contributed by atoms with E-state index in [9.17, 15) is 8.78 Å². The molecule has 6 heteroatoms. The maximum absolute atomic E-state index is 13.2. The van der Waals surface area contributed by atoms with Crippen molar-refractivity contribution in [3.05, 3.63) is 34.9 Å². The lowest BCUT2D eigenvalue weighted by molar-refractivity contribution is -0.0717. The Bertz CT molecular complexity index is 494. The first-order chi connectivity index (χ1) is 11.0. The van der Waals surface area contributed by atoms with Gasteiger partial charge in [0.2, 0.25) is 0 Å². The fourth-order valence-corrected chi connectivity index (χ4v) is 3.30. The zero-order valence-electron chi connectivity index (χ0n) is 13.1. The molecule has 0 aliphatic carbocycles. The summed E-state index contributed by atoms with van der Waals surface area (Å²) in [7, 11) is 0. The topological polar surface area (TPSA) is 24.5 Å². The Kier molecular flexibility index (Phi) is 5.52. The number of alkyl halides is 2. The Balaban J connectivity index is 1.39. The van der Waals surface area contributed by atoms with Gasteiger partial charge in [0, 0.05) is 50.1 Å². The highest BCUT2D eigenvalue weighted by Gasteiger charge is 2.35. The van der Waals surface area contributed by atoms with E-state index in [0.29, 0.717) is 19.7 Å². The van der Waals surface area contributed by atoms with Gasteiger partial charge in [-0.2, -0.15) is 0 Å². The number of halogens is 3. The molecule has 0 saturated carbocycles. The van der Waals surface area contributed by atoms with E-state index >= 15 is 0 Å². The second-order valence-corrected chi connectivity index (χ2v) is 6.98. The van der Waals surface area contributed by atoms with Crippen molar-refractivity contribution in [1.82, 2.24) is 10.2 Å². The molecule has 1 aromatic carbocycles. The highest BCUT2D eigenvalue weighted by atomic mass is 35.5. The van der Waals surface area contributed by atoms with Crippen LogP contribution in [0.2, 0.25) is 5.02 Å². The van der Waals surface area contributed by atoms with Gasteiger partial charge in [0.25, 0.3) is 5.92 Å². The summed E-state index contributed by atoms with van der Waals surface area (Å²) in [6, 6.07) is 8.15. The molecule has 1 N–H and O–H groups in total. The number of benzene rings is 1. The third-order valence-corrected chi connectivity index (χ3v) is 4.86. The number of nitrogens with zero attached hydrogens (tertiary/aromatic N) is 1. The number of likely N-dealkylation sites (tertiary alicyclic amines) is 1. The van der Waals surface area contributed by atoms with Gasteiger partial charge in [0.1, 0.15) is 0 Å². The molecule has 0 amide bonds. The quantitative estimate of drug-likeness (QED) is 0.908. The van der Waals surface area contributed by atoms with Gasteiger partial charge >= 0.3 is 0 Å². The largest absolute Gasteiger partial charge is 0.374 e. The molecule has 0 unspecified atom stereocenters. The van der Waals surface area contributed by atoms with Crippen LogP contribution < -0.4 is 5.32 Å². The van der Waals surface area contributed by atoms with E-state index in [-0.39, 0.29) is 25.0 Å². The van der Waals surface area contributed by atoms with Crippen LogP contribution in [-0.4, -0.2) is 55.8 Å². The van der Waals surface area contributed by atoms with Crippen LogP contribution in [0.4, 0.5) is 8.78 Å². The molecule has 3 nitrogen and oxygen atoms in total. The maximum Gasteiger partial charge on any atom is 0.250 e. The Morgan fingerprint density at radius 3 is 2.52 bits per heavy atom. The average Bonchev–Trinajstić information content (AvgIpc) is 2.53. The molecule has 3 rings (SSSR count). The lowest BCUT2D eigenvalue weighted by atomic mass is 10.0. The van der Waals surface area contributed by atoms with Crippen molar-refractivity contribution < 1.29 is 13.5 Å². The van der Waals surface area contributed by atoms with Gasteiger partial charge in [-0.25, -0.2) is 8.78 Å². The molecule has 2 heterocycles. The van der Waals surface area contributed by atoms with Crippen LogP contribution in [0.25, 0.3) is 0 Å². The number of hydrogen-bond acceptors (Lipinski definition) is 3. The first kappa shape index (κ1) is 17.1. The van der Waals surface area contributed by atoms with Crippen LogP contribution in [0.1, 0.15) is 18.4 Å². The van der Waals surface area contributed by atoms with Gasteiger partial charge in [-0.05, 0) is 24.1 Å². The summed E-state index contributed by atoms with van der Waals surface area (Å²) < 4.78 is 32.2. The lowest BCUT2D eigenvalue weighted by Crippen LogP contribution is -2.52. The minimum atomic E-state index is -2.48. The van der Waals surface area contributed by atoms with Crippen LogP contribution in [0.5, 0.6) is 0 Å². The van der Waals surface area contributed by atoms with E-state index in [1.54, 1.807) is 0 Å². The predicted octanol–water partition coefficient (Wildman–Crippen LogP) is 2.97. The SMILES string of the molecule is FC1(F)CCN(C[C@@H]2CN[C@@H](Cc3ccc(Cl)cc3)CO2)CC1. The first-order valence-corrected chi connectivity index (χ1v) is 8.58. The van der Waals surface area contributed by atoms with Gasteiger partial charge in [-0.1, -0.05) is 23.7 Å². The summed E-state index contributed by atoms with van der Waals surface area (Å²) in [5.41, 5.74) is 1.23. The minimum absolute atomic E-state index is 0.0354. The molecule has 0 radical (unpaired) electrons. The summed E-state index contributed by atoms with van der Waals surface area (Å²) in [5.74, 6) is -2.48. The highest BCUT2D eigenvalue weighted by molar-refractivity contribution is 6.30. The Labute approximate surface area is 140 Å². The fourth-order valence-electron chi connectivity index (χ4n) is 3.17. The third kappa shape index (κ3) is 5.11. The Hall–Kier alpha value is -0.750. The minimum Gasteiger partial charge on any atom is -0.374 e. The fraction of sp³-hybridized carbons (Fsp3) is 0.647. The van der Waals surface area contributed by atoms with E-state index in [4.69, 9.17) is 16.3 Å². The molecular weight excluding hydrogens is 322 g/mol. The number of piperidine rings is 1. The summed E-state index contributed by atoms with van der Waals surface area (Å²) in [6.07, 6.45) is 0.918. The number of rotatable bonds is 4. The van der Waals surface area contributed by atoms with Crippen molar-refractivity contribution in [1.29, 1.82) is 0 Å². The van der Waals surface area contributed by atoms with Gasteiger partial charge in [-0.3, -0.25) is 0 Å². The number of nitrogens with one attached hydrogen (secondary N) is 1. The second-order valence-electron chi connectivity index (χ2n) is 6.55. The van der Waals surface area contributed by atoms with E-state index < -0.39 is 5.92 Å². The first-order valence-electron chi connectivity index (χ1n) is 8.20. The molecular formula is C17H23ClF2N2O. The lowest BCUT2D eigenvalue weighted by Gasteiger charge is -2.37. The standard InChI is InChI=1S/C17H23ClF2N2O/c18-14-3-1-13(2-4-14)9-15-12-23-16(10-21-15)11-22-7-5-17(19,20)6-8-22/h1-4,15-16,21H,5-12H2/t15-,16-/m0/s1. The van der Waals surface area contributed by atoms with Gasteiger partial charge in [0.05, 0.1) is 12.7 Å². The monoisotopic (exact) mass is 344 g/mol. The highest BCUT2D eigenvalue weighted by Crippen LogP contribution is 2.27. The van der Waals surface area contributed by atoms with Crippen LogP contribution in [0.3, 0.4) is 0 Å². The molecule has 0 aromatic heterocycles. The van der Waals surface area contributed by atoms with Crippen molar-refractivity contribution in [2.45, 2.75) is 37.3 Å². The van der Waals surface area contributed by atoms with Crippen molar-refractivity contribution in [3.8, 4) is 0 Å². The number of ether oxygens (including phenoxy) is 1.